The number of hydrogen-bond donors (Lipinski definition) is 0. The Balaban J connectivity index is 1.95. The Morgan fingerprint density at radius 3 is 2.18 bits per heavy atom. The zero-order valence-electron chi connectivity index (χ0n) is 11.1. The van der Waals surface area contributed by atoms with E-state index in [2.05, 4.69) is 20.9 Å². The van der Waals surface area contributed by atoms with E-state index in [0.717, 1.165) is 27.4 Å². The van der Waals surface area contributed by atoms with Gasteiger partial charge in [-0.1, -0.05) is 18.2 Å². The lowest BCUT2D eigenvalue weighted by molar-refractivity contribution is -0.137. The van der Waals surface area contributed by atoms with Crippen LogP contribution in [0.25, 0.3) is 10.8 Å². The van der Waals surface area contributed by atoms with E-state index < -0.39 is 11.7 Å². The first-order valence-corrected chi connectivity index (χ1v) is 7.13. The van der Waals surface area contributed by atoms with Crippen molar-refractivity contribution in [3.05, 3.63) is 64.8 Å². The van der Waals surface area contributed by atoms with Crippen molar-refractivity contribution in [1.82, 2.24) is 4.98 Å². The van der Waals surface area contributed by atoms with Crippen LogP contribution in [0.4, 0.5) is 13.2 Å². The number of hydrogen-bond acceptors (Lipinski definition) is 2. The molecule has 0 amide bonds. The van der Waals surface area contributed by atoms with Crippen molar-refractivity contribution in [3.8, 4) is 11.6 Å². The highest BCUT2D eigenvalue weighted by Gasteiger charge is 2.30. The molecule has 1 aromatic heterocycles. The van der Waals surface area contributed by atoms with Gasteiger partial charge in [-0.25, -0.2) is 4.98 Å². The van der Waals surface area contributed by atoms with Crippen LogP contribution in [0, 0.1) is 0 Å². The van der Waals surface area contributed by atoms with E-state index in [0.29, 0.717) is 11.6 Å². The molecule has 6 heteroatoms. The molecule has 22 heavy (non-hydrogen) atoms. The van der Waals surface area contributed by atoms with Crippen molar-refractivity contribution in [2.75, 3.05) is 0 Å². The molecule has 0 spiro atoms. The highest BCUT2D eigenvalue weighted by molar-refractivity contribution is 9.10. The van der Waals surface area contributed by atoms with E-state index in [4.69, 9.17) is 4.74 Å². The number of pyridine rings is 1. The summed E-state index contributed by atoms with van der Waals surface area (Å²) >= 11 is 3.40. The zero-order valence-corrected chi connectivity index (χ0v) is 12.6. The van der Waals surface area contributed by atoms with E-state index in [1.165, 1.54) is 12.1 Å². The smallest absolute Gasteiger partial charge is 0.416 e. The summed E-state index contributed by atoms with van der Waals surface area (Å²) in [6, 6.07) is 12.0. The number of aromatic nitrogens is 1. The highest BCUT2D eigenvalue weighted by atomic mass is 79.9. The molecular weight excluding hydrogens is 359 g/mol. The molecule has 0 aliphatic heterocycles. The fourth-order valence-electron chi connectivity index (χ4n) is 2.04. The van der Waals surface area contributed by atoms with Crippen LogP contribution in [-0.2, 0) is 6.18 Å². The first-order valence-electron chi connectivity index (χ1n) is 6.33. The second-order valence-electron chi connectivity index (χ2n) is 4.58. The Kier molecular flexibility index (Phi) is 3.78. The molecule has 0 aliphatic carbocycles. The van der Waals surface area contributed by atoms with Crippen LogP contribution in [-0.4, -0.2) is 4.98 Å². The Hall–Kier alpha value is -2.08. The SMILES string of the molecule is FC(F)(F)c1ccc(Oc2ncc(Br)c3ccccc23)cc1. The molecule has 0 bridgehead atoms. The normalized spacial score (nSPS) is 11.6. The first-order chi connectivity index (χ1) is 10.4. The molecule has 0 atom stereocenters. The number of alkyl halides is 3. The third kappa shape index (κ3) is 2.92. The van der Waals surface area contributed by atoms with Crippen LogP contribution in [0.5, 0.6) is 11.6 Å². The van der Waals surface area contributed by atoms with Crippen molar-refractivity contribution in [2.45, 2.75) is 6.18 Å². The van der Waals surface area contributed by atoms with Crippen LogP contribution in [0.3, 0.4) is 0 Å². The van der Waals surface area contributed by atoms with Gasteiger partial charge in [0.15, 0.2) is 0 Å². The van der Waals surface area contributed by atoms with Gasteiger partial charge in [-0.05, 0) is 46.3 Å². The van der Waals surface area contributed by atoms with Gasteiger partial charge in [-0.3, -0.25) is 0 Å². The molecule has 0 radical (unpaired) electrons. The molecular formula is C16H9BrF3NO. The number of benzene rings is 2. The monoisotopic (exact) mass is 367 g/mol. The minimum atomic E-state index is -4.36. The standard InChI is InChI=1S/C16H9BrF3NO/c17-14-9-21-15(13-4-2-1-3-12(13)14)22-11-7-5-10(6-8-11)16(18,19)20/h1-9H. The van der Waals surface area contributed by atoms with Gasteiger partial charge in [0.25, 0.3) is 0 Å². The summed E-state index contributed by atoms with van der Waals surface area (Å²) in [4.78, 5) is 4.18. The maximum atomic E-state index is 12.5. The van der Waals surface area contributed by atoms with E-state index >= 15 is 0 Å². The second kappa shape index (κ2) is 5.61. The lowest BCUT2D eigenvalue weighted by Gasteiger charge is -2.10. The quantitative estimate of drug-likeness (QED) is 0.570. The largest absolute Gasteiger partial charge is 0.438 e. The summed E-state index contributed by atoms with van der Waals surface area (Å²) in [5.41, 5.74) is -0.714. The van der Waals surface area contributed by atoms with Gasteiger partial charge in [-0.15, -0.1) is 0 Å². The minimum Gasteiger partial charge on any atom is -0.438 e. The lowest BCUT2D eigenvalue weighted by atomic mass is 10.2. The highest BCUT2D eigenvalue weighted by Crippen LogP contribution is 2.34. The second-order valence-corrected chi connectivity index (χ2v) is 5.44. The molecule has 0 N–H and O–H groups in total. The van der Waals surface area contributed by atoms with E-state index in [9.17, 15) is 13.2 Å². The van der Waals surface area contributed by atoms with Gasteiger partial charge in [-0.2, -0.15) is 13.2 Å². The number of nitrogens with zero attached hydrogens (tertiary/aromatic N) is 1. The van der Waals surface area contributed by atoms with Crippen molar-refractivity contribution in [3.63, 3.8) is 0 Å². The van der Waals surface area contributed by atoms with E-state index in [1.54, 1.807) is 6.20 Å². The van der Waals surface area contributed by atoms with Gasteiger partial charge < -0.3 is 4.74 Å². The molecule has 112 valence electrons. The zero-order chi connectivity index (χ0) is 15.7. The van der Waals surface area contributed by atoms with Gasteiger partial charge in [0.1, 0.15) is 5.75 Å². The molecule has 0 aliphatic rings. The Morgan fingerprint density at radius 1 is 0.909 bits per heavy atom. The molecule has 1 heterocycles. The van der Waals surface area contributed by atoms with Crippen LogP contribution in [0.2, 0.25) is 0 Å². The Labute approximate surface area is 132 Å². The fraction of sp³-hybridized carbons (Fsp3) is 0.0625. The predicted octanol–water partition coefficient (Wildman–Crippen LogP) is 5.81. The first kappa shape index (κ1) is 14.8. The van der Waals surface area contributed by atoms with Crippen LogP contribution < -0.4 is 4.74 Å². The topological polar surface area (TPSA) is 22.1 Å². The van der Waals surface area contributed by atoms with Crippen LogP contribution in [0.1, 0.15) is 5.56 Å². The average molecular weight is 368 g/mol. The minimum absolute atomic E-state index is 0.299. The lowest BCUT2D eigenvalue weighted by Crippen LogP contribution is -2.04. The third-order valence-electron chi connectivity index (χ3n) is 3.11. The van der Waals surface area contributed by atoms with Gasteiger partial charge >= 0.3 is 6.18 Å². The summed E-state index contributed by atoms with van der Waals surface area (Å²) in [7, 11) is 0. The maximum absolute atomic E-state index is 12.5. The number of rotatable bonds is 2. The Morgan fingerprint density at radius 2 is 1.55 bits per heavy atom. The van der Waals surface area contributed by atoms with Gasteiger partial charge in [0.2, 0.25) is 5.88 Å². The molecule has 0 saturated heterocycles. The molecule has 0 saturated carbocycles. The summed E-state index contributed by atoms with van der Waals surface area (Å²) in [5.74, 6) is 0.645. The molecule has 3 rings (SSSR count). The molecule has 2 aromatic carbocycles. The summed E-state index contributed by atoms with van der Waals surface area (Å²) in [6.45, 7) is 0. The van der Waals surface area contributed by atoms with Gasteiger partial charge in [0, 0.05) is 21.4 Å². The van der Waals surface area contributed by atoms with Crippen molar-refractivity contribution in [2.24, 2.45) is 0 Å². The van der Waals surface area contributed by atoms with Gasteiger partial charge in [0.05, 0.1) is 5.56 Å². The van der Waals surface area contributed by atoms with E-state index in [-0.39, 0.29) is 0 Å². The predicted molar refractivity (Wildman–Crippen MR) is 81.0 cm³/mol. The van der Waals surface area contributed by atoms with Crippen molar-refractivity contribution >= 4 is 26.7 Å². The number of halogens is 4. The van der Waals surface area contributed by atoms with Crippen LogP contribution in [0.15, 0.2) is 59.2 Å². The van der Waals surface area contributed by atoms with Crippen LogP contribution >= 0.6 is 15.9 Å². The summed E-state index contributed by atoms with van der Waals surface area (Å²) < 4.78 is 44.1. The summed E-state index contributed by atoms with van der Waals surface area (Å²) in [6.07, 6.45) is -2.76. The fourth-order valence-corrected chi connectivity index (χ4v) is 2.49. The molecule has 0 fully saturated rings. The number of fused-ring (bicyclic) bond motifs is 1. The number of ether oxygens (including phenoxy) is 1. The third-order valence-corrected chi connectivity index (χ3v) is 3.74. The Bertz CT molecular complexity index is 816. The van der Waals surface area contributed by atoms with Crippen molar-refractivity contribution in [1.29, 1.82) is 0 Å². The molecule has 0 unspecified atom stereocenters. The van der Waals surface area contributed by atoms with Crippen molar-refractivity contribution < 1.29 is 17.9 Å². The summed E-state index contributed by atoms with van der Waals surface area (Å²) in [5, 5.41) is 1.69. The average Bonchev–Trinajstić information content (AvgIpc) is 2.50. The molecule has 3 aromatic rings. The molecule has 2 nitrogen and oxygen atoms in total. The maximum Gasteiger partial charge on any atom is 0.416 e. The van der Waals surface area contributed by atoms with E-state index in [1.807, 2.05) is 24.3 Å².